The monoisotopic (exact) mass is 391 g/mol. The van der Waals surface area contributed by atoms with Crippen molar-refractivity contribution in [3.8, 4) is 5.75 Å². The van der Waals surface area contributed by atoms with Gasteiger partial charge in [-0.1, -0.05) is 31.2 Å². The van der Waals surface area contributed by atoms with Crippen LogP contribution in [0.1, 0.15) is 43.9 Å². The molecule has 3 rings (SSSR count). The summed E-state index contributed by atoms with van der Waals surface area (Å²) < 4.78 is 0. The van der Waals surface area contributed by atoms with E-state index in [0.29, 0.717) is 13.0 Å². The summed E-state index contributed by atoms with van der Waals surface area (Å²) in [5, 5.41) is 15.7. The van der Waals surface area contributed by atoms with Gasteiger partial charge in [0.15, 0.2) is 0 Å². The number of benzene rings is 2. The van der Waals surface area contributed by atoms with Gasteiger partial charge in [0.1, 0.15) is 5.75 Å². The maximum absolute atomic E-state index is 12.7. The molecule has 0 aliphatic carbocycles. The van der Waals surface area contributed by atoms with E-state index < -0.39 is 5.66 Å². The van der Waals surface area contributed by atoms with Crippen LogP contribution in [0.15, 0.2) is 59.1 Å². The average Bonchev–Trinajstić information content (AvgIpc) is 3.11. The largest absolute Gasteiger partial charge is 0.508 e. The highest BCUT2D eigenvalue weighted by molar-refractivity contribution is 6.34. The first-order chi connectivity index (χ1) is 13.8. The molecule has 2 aromatic carbocycles. The smallest absolute Gasteiger partial charge is 0.225 e. The molecule has 3 N–H and O–H groups in total. The number of carbonyl (C=O) groups excluding carboxylic acids is 1. The second-order valence-corrected chi connectivity index (χ2v) is 7.84. The van der Waals surface area contributed by atoms with Gasteiger partial charge in [0.25, 0.3) is 0 Å². The molecule has 152 valence electrons. The van der Waals surface area contributed by atoms with Crippen molar-refractivity contribution >= 4 is 17.2 Å². The Balaban J connectivity index is 1.97. The number of allylic oxidation sites excluding steroid dienone is 1. The van der Waals surface area contributed by atoms with Crippen molar-refractivity contribution in [2.75, 3.05) is 13.6 Å². The predicted octanol–water partition coefficient (Wildman–Crippen LogP) is 3.67. The molecule has 1 aliphatic heterocycles. The van der Waals surface area contributed by atoms with Gasteiger partial charge in [-0.15, -0.1) is 0 Å². The molecule has 0 saturated carbocycles. The maximum Gasteiger partial charge on any atom is 0.225 e. The molecule has 2 aromatic rings. The summed E-state index contributed by atoms with van der Waals surface area (Å²) in [5.41, 5.74) is 5.67. The van der Waals surface area contributed by atoms with Gasteiger partial charge >= 0.3 is 0 Å². The number of amides is 1. The molecule has 0 atom stereocenters. The third kappa shape index (κ3) is 4.93. The molecule has 0 saturated heterocycles. The van der Waals surface area contributed by atoms with Crippen LogP contribution in [0.3, 0.4) is 0 Å². The molecule has 0 aromatic heterocycles. The zero-order chi connectivity index (χ0) is 21.0. The number of hydrogen-bond acceptors (Lipinski definition) is 4. The van der Waals surface area contributed by atoms with Crippen LogP contribution in [0.2, 0.25) is 0 Å². The first kappa shape index (κ1) is 20.8. The van der Waals surface area contributed by atoms with Crippen LogP contribution in [0.25, 0.3) is 5.57 Å². The number of rotatable bonds is 7. The summed E-state index contributed by atoms with van der Waals surface area (Å²) in [6, 6.07) is 15.5. The Morgan fingerprint density at radius 1 is 1.07 bits per heavy atom. The van der Waals surface area contributed by atoms with E-state index in [-0.39, 0.29) is 11.7 Å². The molecular formula is C24H29N3O2. The van der Waals surface area contributed by atoms with Crippen molar-refractivity contribution in [3.63, 3.8) is 0 Å². The molecule has 0 fully saturated rings. The van der Waals surface area contributed by atoms with Gasteiger partial charge in [-0.3, -0.25) is 15.1 Å². The minimum atomic E-state index is -0.472. The number of hydrogen-bond donors (Lipinski definition) is 3. The lowest BCUT2D eigenvalue weighted by Gasteiger charge is -2.25. The molecule has 0 bridgehead atoms. The van der Waals surface area contributed by atoms with Crippen LogP contribution >= 0.6 is 0 Å². The molecule has 29 heavy (non-hydrogen) atoms. The van der Waals surface area contributed by atoms with Crippen LogP contribution in [0, 0.1) is 0 Å². The number of aromatic hydroxyl groups is 1. The molecular weight excluding hydrogens is 362 g/mol. The Labute approximate surface area is 172 Å². The van der Waals surface area contributed by atoms with E-state index in [1.54, 1.807) is 12.1 Å². The van der Waals surface area contributed by atoms with Gasteiger partial charge in [-0.25, -0.2) is 0 Å². The summed E-state index contributed by atoms with van der Waals surface area (Å²) in [6.45, 7) is 6.48. The second-order valence-electron chi connectivity index (χ2n) is 7.84. The maximum atomic E-state index is 12.7. The number of phenols is 1. The molecule has 0 spiro atoms. The average molecular weight is 392 g/mol. The van der Waals surface area contributed by atoms with Crippen molar-refractivity contribution < 1.29 is 9.90 Å². The van der Waals surface area contributed by atoms with Gasteiger partial charge in [-0.2, -0.15) is 0 Å². The van der Waals surface area contributed by atoms with Crippen LogP contribution < -0.4 is 10.6 Å². The van der Waals surface area contributed by atoms with E-state index in [1.165, 1.54) is 5.56 Å². The molecule has 1 aliphatic rings. The highest BCUT2D eigenvalue weighted by Crippen LogP contribution is 2.32. The van der Waals surface area contributed by atoms with Gasteiger partial charge < -0.3 is 10.4 Å². The summed E-state index contributed by atoms with van der Waals surface area (Å²) >= 11 is 0. The summed E-state index contributed by atoms with van der Waals surface area (Å²) in [7, 11) is 1.82. The fraction of sp³-hybridized carbons (Fsp3) is 0.333. The van der Waals surface area contributed by atoms with Gasteiger partial charge in [0, 0.05) is 11.1 Å². The quantitative estimate of drug-likeness (QED) is 0.631. The summed E-state index contributed by atoms with van der Waals surface area (Å²) in [4.78, 5) is 17.4. The summed E-state index contributed by atoms with van der Waals surface area (Å²) in [5.74, 6) is 0.184. The normalized spacial score (nSPS) is 14.1. The van der Waals surface area contributed by atoms with E-state index in [1.807, 2.05) is 33.0 Å². The molecule has 0 unspecified atom stereocenters. The standard InChI is InChI=1S/C24H29N3O2/c1-5-16-6-8-17(9-7-16)22-19(14-21(29)27-24(2,3)25-4)15-26-23(22)18-10-12-20(28)13-11-18/h6-13,25,28H,5,14-15H2,1-4H3,(H,27,29). The van der Waals surface area contributed by atoms with Crippen molar-refractivity contribution in [2.24, 2.45) is 4.99 Å². The fourth-order valence-electron chi connectivity index (χ4n) is 3.40. The SMILES string of the molecule is CCc1ccc(C2=C(CC(=O)NC(C)(C)NC)CN=C2c2ccc(O)cc2)cc1. The number of aliphatic imine (C=N–C) groups is 1. The highest BCUT2D eigenvalue weighted by Gasteiger charge is 2.25. The van der Waals surface area contributed by atoms with E-state index in [2.05, 4.69) is 41.8 Å². The lowest BCUT2D eigenvalue weighted by Crippen LogP contribution is -2.52. The van der Waals surface area contributed by atoms with Crippen molar-refractivity contribution in [2.45, 2.75) is 39.3 Å². The number of nitrogens with zero attached hydrogens (tertiary/aromatic N) is 1. The molecule has 0 radical (unpaired) electrons. The Morgan fingerprint density at radius 3 is 2.28 bits per heavy atom. The zero-order valence-electron chi connectivity index (χ0n) is 17.5. The lowest BCUT2D eigenvalue weighted by atomic mass is 9.91. The van der Waals surface area contributed by atoms with Crippen LogP contribution in [-0.2, 0) is 11.2 Å². The second kappa shape index (κ2) is 8.62. The first-order valence-electron chi connectivity index (χ1n) is 9.98. The third-order valence-corrected chi connectivity index (χ3v) is 5.26. The van der Waals surface area contributed by atoms with E-state index in [4.69, 9.17) is 4.99 Å². The Kier molecular flexibility index (Phi) is 6.18. The minimum absolute atomic E-state index is 0.0378. The Hall–Kier alpha value is -2.92. The van der Waals surface area contributed by atoms with Crippen molar-refractivity contribution in [3.05, 3.63) is 70.8 Å². The number of carbonyl (C=O) groups is 1. The van der Waals surface area contributed by atoms with Crippen molar-refractivity contribution in [1.29, 1.82) is 0 Å². The summed E-state index contributed by atoms with van der Waals surface area (Å²) in [6.07, 6.45) is 1.27. The highest BCUT2D eigenvalue weighted by atomic mass is 16.3. The number of phenolic OH excluding ortho intramolecular Hbond substituents is 1. The predicted molar refractivity (Wildman–Crippen MR) is 118 cm³/mol. The van der Waals surface area contributed by atoms with E-state index in [9.17, 15) is 9.90 Å². The molecule has 5 heteroatoms. The van der Waals surface area contributed by atoms with Crippen LogP contribution in [0.4, 0.5) is 0 Å². The fourth-order valence-corrected chi connectivity index (χ4v) is 3.40. The van der Waals surface area contributed by atoms with Crippen molar-refractivity contribution in [1.82, 2.24) is 10.6 Å². The lowest BCUT2D eigenvalue weighted by molar-refractivity contribution is -0.122. The Bertz CT molecular complexity index is 939. The Morgan fingerprint density at radius 2 is 1.69 bits per heavy atom. The number of aryl methyl sites for hydroxylation is 1. The van der Waals surface area contributed by atoms with Gasteiger partial charge in [-0.05, 0) is 68.3 Å². The molecule has 1 heterocycles. The van der Waals surface area contributed by atoms with E-state index >= 15 is 0 Å². The van der Waals surface area contributed by atoms with Gasteiger partial charge in [0.2, 0.25) is 5.91 Å². The molecule has 5 nitrogen and oxygen atoms in total. The topological polar surface area (TPSA) is 73.7 Å². The third-order valence-electron chi connectivity index (χ3n) is 5.26. The number of nitrogens with one attached hydrogen (secondary N) is 2. The van der Waals surface area contributed by atoms with Crippen LogP contribution in [-0.4, -0.2) is 36.0 Å². The van der Waals surface area contributed by atoms with E-state index in [0.717, 1.165) is 34.4 Å². The zero-order valence-corrected chi connectivity index (χ0v) is 17.5. The van der Waals surface area contributed by atoms with Crippen LogP contribution in [0.5, 0.6) is 5.75 Å². The molecule has 1 amide bonds. The minimum Gasteiger partial charge on any atom is -0.508 e. The first-order valence-corrected chi connectivity index (χ1v) is 9.98. The van der Waals surface area contributed by atoms with Gasteiger partial charge in [0.05, 0.1) is 24.3 Å².